The summed E-state index contributed by atoms with van der Waals surface area (Å²) in [5, 5.41) is 0. The van der Waals surface area contributed by atoms with Crippen LogP contribution in [0.25, 0.3) is 5.57 Å². The predicted molar refractivity (Wildman–Crippen MR) is 106 cm³/mol. The van der Waals surface area contributed by atoms with Crippen molar-refractivity contribution in [1.29, 1.82) is 0 Å². The van der Waals surface area contributed by atoms with Gasteiger partial charge in [0.1, 0.15) is 0 Å². The number of rotatable bonds is 6. The Morgan fingerprint density at radius 3 is 2.29 bits per heavy atom. The lowest BCUT2D eigenvalue weighted by Gasteiger charge is -2.29. The predicted octanol–water partition coefficient (Wildman–Crippen LogP) is 7.74. The standard InChI is InChI=1S/C24H36/c1-3-4-5-6-20-9-13-22(14-10-20)24-17-15-23(16-18-24)21-11-7-19(2)8-12-21/h11,15-20,22H,3-10,12-14H2,1-2H3/t19?,20-,22-. The Hall–Kier alpha value is -1.04. The fourth-order valence-corrected chi connectivity index (χ4v) is 4.66. The minimum atomic E-state index is 0.821. The van der Waals surface area contributed by atoms with Crippen LogP contribution in [-0.2, 0) is 0 Å². The lowest BCUT2D eigenvalue weighted by atomic mass is 9.76. The van der Waals surface area contributed by atoms with Crippen molar-refractivity contribution in [3.8, 4) is 0 Å². The summed E-state index contributed by atoms with van der Waals surface area (Å²) in [7, 11) is 0. The second-order valence-corrected chi connectivity index (χ2v) is 8.44. The molecule has 0 aliphatic heterocycles. The Labute approximate surface area is 149 Å². The van der Waals surface area contributed by atoms with Gasteiger partial charge in [-0.05, 0) is 79.4 Å². The molecule has 0 saturated heterocycles. The van der Waals surface area contributed by atoms with Gasteiger partial charge in [-0.3, -0.25) is 0 Å². The smallest absolute Gasteiger partial charge is 0.0162 e. The van der Waals surface area contributed by atoms with Crippen molar-refractivity contribution in [2.75, 3.05) is 0 Å². The van der Waals surface area contributed by atoms with Crippen molar-refractivity contribution in [3.05, 3.63) is 41.5 Å². The summed E-state index contributed by atoms with van der Waals surface area (Å²) in [5.74, 6) is 2.71. The molecule has 1 unspecified atom stereocenters. The van der Waals surface area contributed by atoms with Crippen LogP contribution in [0.2, 0.25) is 0 Å². The number of hydrogen-bond donors (Lipinski definition) is 0. The van der Waals surface area contributed by atoms with Crippen molar-refractivity contribution in [1.82, 2.24) is 0 Å². The van der Waals surface area contributed by atoms with Crippen molar-refractivity contribution in [3.63, 3.8) is 0 Å². The topological polar surface area (TPSA) is 0 Å². The molecule has 0 radical (unpaired) electrons. The van der Waals surface area contributed by atoms with Gasteiger partial charge in [0, 0.05) is 0 Å². The average Bonchev–Trinajstić information content (AvgIpc) is 2.63. The number of benzene rings is 1. The van der Waals surface area contributed by atoms with Gasteiger partial charge in [-0.25, -0.2) is 0 Å². The number of unbranched alkanes of at least 4 members (excludes halogenated alkanes) is 2. The third-order valence-electron chi connectivity index (χ3n) is 6.49. The normalized spacial score (nSPS) is 27.8. The maximum Gasteiger partial charge on any atom is -0.0162 e. The molecule has 0 amide bonds. The van der Waals surface area contributed by atoms with Crippen molar-refractivity contribution < 1.29 is 0 Å². The molecule has 24 heavy (non-hydrogen) atoms. The molecule has 1 aromatic carbocycles. The second kappa shape index (κ2) is 8.88. The molecule has 3 rings (SSSR count). The van der Waals surface area contributed by atoms with Crippen molar-refractivity contribution >= 4 is 5.57 Å². The summed E-state index contributed by atoms with van der Waals surface area (Å²) in [5.41, 5.74) is 4.65. The van der Waals surface area contributed by atoms with Crippen LogP contribution in [-0.4, -0.2) is 0 Å². The summed E-state index contributed by atoms with van der Waals surface area (Å²) in [6.07, 6.45) is 17.8. The van der Waals surface area contributed by atoms with E-state index in [0.717, 1.165) is 17.8 Å². The molecule has 132 valence electrons. The SMILES string of the molecule is CCCCC[C@H]1CC[C@H](c2ccc(C3=CCC(C)CC3)cc2)CC1. The molecule has 0 spiro atoms. The zero-order chi connectivity index (χ0) is 16.8. The van der Waals surface area contributed by atoms with Gasteiger partial charge in [-0.2, -0.15) is 0 Å². The third-order valence-corrected chi connectivity index (χ3v) is 6.49. The summed E-state index contributed by atoms with van der Waals surface area (Å²) in [4.78, 5) is 0. The molecule has 1 saturated carbocycles. The van der Waals surface area contributed by atoms with Crippen LogP contribution in [0.4, 0.5) is 0 Å². The second-order valence-electron chi connectivity index (χ2n) is 8.44. The molecule has 1 aromatic rings. The van der Waals surface area contributed by atoms with Crippen LogP contribution in [0.15, 0.2) is 30.3 Å². The largest absolute Gasteiger partial charge is 0.0805 e. The van der Waals surface area contributed by atoms with E-state index in [1.54, 1.807) is 11.1 Å². The van der Waals surface area contributed by atoms with E-state index in [1.807, 2.05) is 0 Å². The van der Waals surface area contributed by atoms with E-state index in [9.17, 15) is 0 Å². The van der Waals surface area contributed by atoms with Gasteiger partial charge in [-0.15, -0.1) is 0 Å². The Morgan fingerprint density at radius 2 is 1.67 bits per heavy atom. The molecule has 0 heteroatoms. The maximum absolute atomic E-state index is 2.48. The summed E-state index contributed by atoms with van der Waals surface area (Å²) < 4.78 is 0. The highest BCUT2D eigenvalue weighted by Gasteiger charge is 2.22. The summed E-state index contributed by atoms with van der Waals surface area (Å²) in [6.45, 7) is 4.68. The van der Waals surface area contributed by atoms with Gasteiger partial charge in [-0.1, -0.05) is 69.9 Å². The van der Waals surface area contributed by atoms with Gasteiger partial charge in [0.15, 0.2) is 0 Å². The molecule has 2 aliphatic carbocycles. The van der Waals surface area contributed by atoms with Crippen LogP contribution in [0.1, 0.15) is 102 Å². The molecule has 0 bridgehead atoms. The lowest BCUT2D eigenvalue weighted by molar-refractivity contribution is 0.303. The fourth-order valence-electron chi connectivity index (χ4n) is 4.66. The lowest BCUT2D eigenvalue weighted by Crippen LogP contribution is -2.13. The molecular formula is C24H36. The monoisotopic (exact) mass is 324 g/mol. The van der Waals surface area contributed by atoms with Crippen molar-refractivity contribution in [2.24, 2.45) is 11.8 Å². The van der Waals surface area contributed by atoms with Crippen LogP contribution in [0.3, 0.4) is 0 Å². The van der Waals surface area contributed by atoms with E-state index in [0.29, 0.717) is 0 Å². The highest BCUT2D eigenvalue weighted by molar-refractivity contribution is 5.66. The van der Waals surface area contributed by atoms with E-state index < -0.39 is 0 Å². The molecule has 1 fully saturated rings. The highest BCUT2D eigenvalue weighted by atomic mass is 14.3. The van der Waals surface area contributed by atoms with E-state index in [2.05, 4.69) is 44.2 Å². The minimum absolute atomic E-state index is 0.821. The van der Waals surface area contributed by atoms with E-state index in [4.69, 9.17) is 0 Å². The first-order chi connectivity index (χ1) is 11.8. The molecule has 0 heterocycles. The minimum Gasteiger partial charge on any atom is -0.0805 e. The Bertz CT molecular complexity index is 513. The third kappa shape index (κ3) is 4.74. The molecular weight excluding hydrogens is 288 g/mol. The molecule has 0 aromatic heterocycles. The zero-order valence-corrected chi connectivity index (χ0v) is 15.9. The first kappa shape index (κ1) is 17.8. The van der Waals surface area contributed by atoms with Gasteiger partial charge in [0.2, 0.25) is 0 Å². The van der Waals surface area contributed by atoms with E-state index in [-0.39, 0.29) is 0 Å². The molecule has 2 aliphatic rings. The Balaban J connectivity index is 1.51. The average molecular weight is 325 g/mol. The van der Waals surface area contributed by atoms with Crippen molar-refractivity contribution in [2.45, 2.75) is 90.4 Å². The van der Waals surface area contributed by atoms with Crippen LogP contribution in [0, 0.1) is 11.8 Å². The van der Waals surface area contributed by atoms with Crippen LogP contribution in [0.5, 0.6) is 0 Å². The zero-order valence-electron chi connectivity index (χ0n) is 15.9. The summed E-state index contributed by atoms with van der Waals surface area (Å²) >= 11 is 0. The Kier molecular flexibility index (Phi) is 6.58. The van der Waals surface area contributed by atoms with Gasteiger partial charge >= 0.3 is 0 Å². The maximum atomic E-state index is 2.48. The quantitative estimate of drug-likeness (QED) is 0.469. The fraction of sp³-hybridized carbons (Fsp3) is 0.667. The van der Waals surface area contributed by atoms with Gasteiger partial charge in [0.25, 0.3) is 0 Å². The van der Waals surface area contributed by atoms with Crippen LogP contribution < -0.4 is 0 Å². The molecule has 0 nitrogen and oxygen atoms in total. The number of hydrogen-bond acceptors (Lipinski definition) is 0. The first-order valence-electron chi connectivity index (χ1n) is 10.6. The van der Waals surface area contributed by atoms with E-state index in [1.165, 1.54) is 76.2 Å². The van der Waals surface area contributed by atoms with Crippen LogP contribution >= 0.6 is 0 Å². The molecule has 0 N–H and O–H groups in total. The summed E-state index contributed by atoms with van der Waals surface area (Å²) in [6, 6.07) is 9.64. The molecule has 1 atom stereocenters. The Morgan fingerprint density at radius 1 is 0.917 bits per heavy atom. The van der Waals surface area contributed by atoms with Gasteiger partial charge < -0.3 is 0 Å². The van der Waals surface area contributed by atoms with E-state index >= 15 is 0 Å². The highest BCUT2D eigenvalue weighted by Crippen LogP contribution is 2.38. The first-order valence-corrected chi connectivity index (χ1v) is 10.6. The number of allylic oxidation sites excluding steroid dienone is 2. The van der Waals surface area contributed by atoms with Gasteiger partial charge in [0.05, 0.1) is 0 Å².